The molecule has 0 bridgehead atoms. The van der Waals surface area contributed by atoms with Crippen molar-refractivity contribution in [2.45, 2.75) is 13.5 Å². The van der Waals surface area contributed by atoms with Gasteiger partial charge in [0.15, 0.2) is 0 Å². The molecule has 0 saturated heterocycles. The van der Waals surface area contributed by atoms with Gasteiger partial charge in [0.25, 0.3) is 0 Å². The van der Waals surface area contributed by atoms with Crippen LogP contribution in [0.15, 0.2) is 22.7 Å². The monoisotopic (exact) mass is 300 g/mol. The molecule has 0 aromatic heterocycles. The van der Waals surface area contributed by atoms with E-state index in [4.69, 9.17) is 4.74 Å². The maximum atomic E-state index is 5.11. The second kappa shape index (κ2) is 7.69. The molecule has 0 atom stereocenters. The van der Waals surface area contributed by atoms with Gasteiger partial charge in [-0.15, -0.1) is 0 Å². The SMILES string of the molecule is CCNCc1cc(Br)ccc1N(C)CCOC. The van der Waals surface area contributed by atoms with Crippen LogP contribution in [-0.4, -0.2) is 33.9 Å². The van der Waals surface area contributed by atoms with Gasteiger partial charge in [0.1, 0.15) is 0 Å². The van der Waals surface area contributed by atoms with E-state index in [0.717, 1.165) is 30.7 Å². The summed E-state index contributed by atoms with van der Waals surface area (Å²) in [5, 5.41) is 3.36. The largest absolute Gasteiger partial charge is 0.383 e. The number of ether oxygens (including phenoxy) is 1. The molecule has 0 unspecified atom stereocenters. The molecule has 0 saturated carbocycles. The van der Waals surface area contributed by atoms with Crippen molar-refractivity contribution in [3.8, 4) is 0 Å². The van der Waals surface area contributed by atoms with Crippen molar-refractivity contribution in [1.29, 1.82) is 0 Å². The summed E-state index contributed by atoms with van der Waals surface area (Å²) in [6, 6.07) is 6.39. The zero-order chi connectivity index (χ0) is 12.7. The van der Waals surface area contributed by atoms with Crippen LogP contribution in [0.2, 0.25) is 0 Å². The molecule has 0 radical (unpaired) electrons. The van der Waals surface area contributed by atoms with E-state index < -0.39 is 0 Å². The Morgan fingerprint density at radius 2 is 2.18 bits per heavy atom. The summed E-state index contributed by atoms with van der Waals surface area (Å²) in [5.74, 6) is 0. The Bertz CT molecular complexity index is 344. The highest BCUT2D eigenvalue weighted by Crippen LogP contribution is 2.23. The van der Waals surface area contributed by atoms with Crippen LogP contribution in [0.5, 0.6) is 0 Å². The predicted octanol–water partition coefficient (Wildman–Crippen LogP) is 2.64. The first kappa shape index (κ1) is 14.5. The van der Waals surface area contributed by atoms with Crippen molar-refractivity contribution in [2.24, 2.45) is 0 Å². The lowest BCUT2D eigenvalue weighted by Gasteiger charge is -2.22. The smallest absolute Gasteiger partial charge is 0.0637 e. The highest BCUT2D eigenvalue weighted by atomic mass is 79.9. The van der Waals surface area contributed by atoms with E-state index in [1.165, 1.54) is 11.3 Å². The molecule has 0 amide bonds. The average molecular weight is 301 g/mol. The lowest BCUT2D eigenvalue weighted by Crippen LogP contribution is -2.24. The number of hydrogen-bond acceptors (Lipinski definition) is 3. The Morgan fingerprint density at radius 1 is 1.41 bits per heavy atom. The van der Waals surface area contributed by atoms with Crippen LogP contribution < -0.4 is 10.2 Å². The normalized spacial score (nSPS) is 10.6. The van der Waals surface area contributed by atoms with Crippen LogP contribution in [0.1, 0.15) is 12.5 Å². The van der Waals surface area contributed by atoms with Crippen molar-refractivity contribution in [2.75, 3.05) is 38.8 Å². The van der Waals surface area contributed by atoms with Crippen molar-refractivity contribution < 1.29 is 4.74 Å². The summed E-state index contributed by atoms with van der Waals surface area (Å²) in [6.07, 6.45) is 0. The van der Waals surface area contributed by atoms with Gasteiger partial charge in [0.05, 0.1) is 6.61 Å². The summed E-state index contributed by atoms with van der Waals surface area (Å²) in [4.78, 5) is 2.22. The van der Waals surface area contributed by atoms with Gasteiger partial charge in [-0.1, -0.05) is 22.9 Å². The van der Waals surface area contributed by atoms with Gasteiger partial charge in [-0.2, -0.15) is 0 Å². The minimum Gasteiger partial charge on any atom is -0.383 e. The number of rotatable bonds is 7. The molecule has 0 heterocycles. The fourth-order valence-electron chi connectivity index (χ4n) is 1.68. The number of hydrogen-bond donors (Lipinski definition) is 1. The van der Waals surface area contributed by atoms with E-state index in [2.05, 4.69) is 58.3 Å². The van der Waals surface area contributed by atoms with E-state index in [-0.39, 0.29) is 0 Å². The lowest BCUT2D eigenvalue weighted by molar-refractivity contribution is 0.206. The molecule has 0 fully saturated rings. The molecule has 0 aliphatic rings. The fourth-order valence-corrected chi connectivity index (χ4v) is 2.08. The van der Waals surface area contributed by atoms with E-state index >= 15 is 0 Å². The fraction of sp³-hybridized carbons (Fsp3) is 0.538. The van der Waals surface area contributed by atoms with E-state index in [0.29, 0.717) is 0 Å². The van der Waals surface area contributed by atoms with E-state index in [9.17, 15) is 0 Å². The molecule has 0 spiro atoms. The second-order valence-corrected chi connectivity index (χ2v) is 4.88. The topological polar surface area (TPSA) is 24.5 Å². The van der Waals surface area contributed by atoms with Crippen LogP contribution >= 0.6 is 15.9 Å². The zero-order valence-corrected chi connectivity index (χ0v) is 12.4. The van der Waals surface area contributed by atoms with Gasteiger partial charge in [-0.3, -0.25) is 0 Å². The number of benzene rings is 1. The Morgan fingerprint density at radius 3 is 2.82 bits per heavy atom. The molecular formula is C13H21BrN2O. The molecule has 1 N–H and O–H groups in total. The van der Waals surface area contributed by atoms with Crippen molar-refractivity contribution >= 4 is 21.6 Å². The predicted molar refractivity (Wildman–Crippen MR) is 76.7 cm³/mol. The Hall–Kier alpha value is -0.580. The van der Waals surface area contributed by atoms with Gasteiger partial charge < -0.3 is 15.0 Å². The zero-order valence-electron chi connectivity index (χ0n) is 10.8. The van der Waals surface area contributed by atoms with Crippen LogP contribution in [0.3, 0.4) is 0 Å². The van der Waals surface area contributed by atoms with Crippen LogP contribution in [-0.2, 0) is 11.3 Å². The molecule has 1 rings (SSSR count). The Labute approximate surface area is 112 Å². The van der Waals surface area contributed by atoms with E-state index in [1.807, 2.05) is 0 Å². The minimum absolute atomic E-state index is 0.743. The number of likely N-dealkylation sites (N-methyl/N-ethyl adjacent to an activating group) is 1. The maximum Gasteiger partial charge on any atom is 0.0637 e. The molecule has 17 heavy (non-hydrogen) atoms. The van der Waals surface area contributed by atoms with Gasteiger partial charge in [-0.25, -0.2) is 0 Å². The van der Waals surface area contributed by atoms with Crippen molar-refractivity contribution in [1.82, 2.24) is 5.32 Å². The van der Waals surface area contributed by atoms with Gasteiger partial charge >= 0.3 is 0 Å². The van der Waals surface area contributed by atoms with Crippen molar-refractivity contribution in [3.05, 3.63) is 28.2 Å². The molecule has 0 aliphatic heterocycles. The minimum atomic E-state index is 0.743. The summed E-state index contributed by atoms with van der Waals surface area (Å²) >= 11 is 3.52. The molecule has 1 aromatic carbocycles. The summed E-state index contributed by atoms with van der Waals surface area (Å²) < 4.78 is 6.23. The summed E-state index contributed by atoms with van der Waals surface area (Å²) in [7, 11) is 3.83. The number of halogens is 1. The first-order chi connectivity index (χ1) is 8.19. The standard InChI is InChI=1S/C13H21BrN2O/c1-4-15-10-11-9-12(14)5-6-13(11)16(2)7-8-17-3/h5-6,9,15H,4,7-8,10H2,1-3H3. The first-order valence-corrected chi connectivity index (χ1v) is 6.67. The molecular weight excluding hydrogens is 280 g/mol. The molecule has 1 aromatic rings. The first-order valence-electron chi connectivity index (χ1n) is 5.88. The maximum absolute atomic E-state index is 5.11. The third kappa shape index (κ3) is 4.66. The highest BCUT2D eigenvalue weighted by Gasteiger charge is 2.07. The van der Waals surface area contributed by atoms with Gasteiger partial charge in [0, 0.05) is 37.4 Å². The summed E-state index contributed by atoms with van der Waals surface area (Å²) in [5.41, 5.74) is 2.56. The van der Waals surface area contributed by atoms with Crippen LogP contribution in [0, 0.1) is 0 Å². The third-order valence-electron chi connectivity index (χ3n) is 2.65. The number of nitrogens with zero attached hydrogens (tertiary/aromatic N) is 1. The molecule has 0 aliphatic carbocycles. The Balaban J connectivity index is 2.80. The van der Waals surface area contributed by atoms with Gasteiger partial charge in [-0.05, 0) is 30.3 Å². The number of anilines is 1. The van der Waals surface area contributed by atoms with Crippen molar-refractivity contribution in [3.63, 3.8) is 0 Å². The third-order valence-corrected chi connectivity index (χ3v) is 3.14. The second-order valence-electron chi connectivity index (χ2n) is 3.97. The van der Waals surface area contributed by atoms with Crippen LogP contribution in [0.4, 0.5) is 5.69 Å². The molecule has 3 nitrogen and oxygen atoms in total. The van der Waals surface area contributed by atoms with E-state index in [1.54, 1.807) is 7.11 Å². The summed E-state index contributed by atoms with van der Waals surface area (Å²) in [6.45, 7) is 5.63. The lowest BCUT2D eigenvalue weighted by atomic mass is 10.1. The Kier molecular flexibility index (Phi) is 6.55. The highest BCUT2D eigenvalue weighted by molar-refractivity contribution is 9.10. The quantitative estimate of drug-likeness (QED) is 0.838. The average Bonchev–Trinajstić information content (AvgIpc) is 2.33. The molecule has 96 valence electrons. The molecule has 4 heteroatoms. The number of methoxy groups -OCH3 is 1. The van der Waals surface area contributed by atoms with Gasteiger partial charge in [0.2, 0.25) is 0 Å². The van der Waals surface area contributed by atoms with Crippen LogP contribution in [0.25, 0.3) is 0 Å². The number of nitrogens with one attached hydrogen (secondary N) is 1.